The largest absolute Gasteiger partial charge is 0.465 e. The Balaban J connectivity index is 2.08. The number of nitrogens with two attached hydrogens (primary N) is 1. The Morgan fingerprint density at radius 2 is 2.18 bits per heavy atom. The highest BCUT2D eigenvalue weighted by atomic mass is 19.1. The zero-order valence-corrected chi connectivity index (χ0v) is 15.5. The van der Waals surface area contributed by atoms with E-state index in [2.05, 4.69) is 26.2 Å². The lowest BCUT2D eigenvalue weighted by Gasteiger charge is -2.11. The van der Waals surface area contributed by atoms with Gasteiger partial charge in [-0.15, -0.1) is 6.42 Å². The summed E-state index contributed by atoms with van der Waals surface area (Å²) < 4.78 is 24.6. The summed E-state index contributed by atoms with van der Waals surface area (Å²) >= 11 is 0. The number of nitrogens with one attached hydrogen (secondary N) is 1. The fourth-order valence-electron chi connectivity index (χ4n) is 2.25. The number of hydrogen-bond donors (Lipinski definition) is 2. The van der Waals surface area contributed by atoms with Crippen molar-refractivity contribution in [1.82, 2.24) is 9.97 Å². The number of anilines is 1. The van der Waals surface area contributed by atoms with E-state index >= 15 is 0 Å². The van der Waals surface area contributed by atoms with Crippen molar-refractivity contribution >= 4 is 17.6 Å². The normalized spacial score (nSPS) is 10.9. The van der Waals surface area contributed by atoms with Gasteiger partial charge in [0.1, 0.15) is 11.5 Å². The van der Waals surface area contributed by atoms with E-state index in [0.717, 1.165) is 0 Å². The second-order valence-corrected chi connectivity index (χ2v) is 5.61. The molecule has 0 aliphatic carbocycles. The number of ether oxygens (including phenoxy) is 2. The van der Waals surface area contributed by atoms with Crippen molar-refractivity contribution < 1.29 is 18.7 Å². The van der Waals surface area contributed by atoms with Gasteiger partial charge in [-0.2, -0.15) is 0 Å². The van der Waals surface area contributed by atoms with Crippen molar-refractivity contribution in [1.29, 1.82) is 0 Å². The van der Waals surface area contributed by atoms with Crippen LogP contribution in [0.4, 0.5) is 10.1 Å². The average Bonchev–Trinajstić information content (AvgIpc) is 2.70. The topological polar surface area (TPSA) is 112 Å². The molecular formula is C19H20FN5O3. The van der Waals surface area contributed by atoms with Crippen molar-refractivity contribution in [3.05, 3.63) is 47.2 Å². The Kier molecular flexibility index (Phi) is 7.28. The Labute approximate surface area is 162 Å². The molecule has 2 aromatic rings. The third-order valence-corrected chi connectivity index (χ3v) is 3.59. The SMILES string of the molecule is C#CCOc1cnc(C(=O)Nc2cc(C)c(F)c(CCO/C(N)=N\C)c2)cn1. The predicted octanol–water partition coefficient (Wildman–Crippen LogP) is 1.69. The number of aryl methyl sites for hydroxylation is 1. The quantitative estimate of drug-likeness (QED) is 0.426. The highest BCUT2D eigenvalue weighted by Gasteiger charge is 2.13. The lowest BCUT2D eigenvalue weighted by molar-refractivity contribution is 0.102. The van der Waals surface area contributed by atoms with Crippen LogP contribution in [0.5, 0.6) is 5.88 Å². The number of aromatic nitrogens is 2. The number of carbonyl (C=O) groups is 1. The van der Waals surface area contributed by atoms with E-state index in [1.165, 1.54) is 31.6 Å². The molecule has 9 heteroatoms. The van der Waals surface area contributed by atoms with Gasteiger partial charge in [0.25, 0.3) is 11.9 Å². The highest BCUT2D eigenvalue weighted by Crippen LogP contribution is 2.20. The standard InChI is InChI=1S/C19H20FN5O3/c1-4-6-27-16-11-23-15(10-24-16)18(26)25-14-8-12(2)17(20)13(9-14)5-7-28-19(21)22-3/h1,8-11H,5-7H2,2-3H3,(H2,21,22)(H,25,26). The highest BCUT2D eigenvalue weighted by molar-refractivity contribution is 6.02. The van der Waals surface area contributed by atoms with Crippen LogP contribution >= 0.6 is 0 Å². The Morgan fingerprint density at radius 3 is 2.82 bits per heavy atom. The molecule has 1 amide bonds. The van der Waals surface area contributed by atoms with Gasteiger partial charge < -0.3 is 20.5 Å². The Hall–Kier alpha value is -3.67. The maximum atomic E-state index is 14.3. The van der Waals surface area contributed by atoms with Gasteiger partial charge in [0, 0.05) is 19.2 Å². The number of rotatable bonds is 7. The second kappa shape index (κ2) is 9.87. The number of amidine groups is 1. The van der Waals surface area contributed by atoms with Gasteiger partial charge in [0.2, 0.25) is 5.88 Å². The summed E-state index contributed by atoms with van der Waals surface area (Å²) in [6.45, 7) is 1.81. The van der Waals surface area contributed by atoms with E-state index in [1.54, 1.807) is 6.92 Å². The molecule has 0 saturated carbocycles. The molecule has 1 heterocycles. The minimum atomic E-state index is -0.494. The molecule has 146 valence electrons. The van der Waals surface area contributed by atoms with Crippen molar-refractivity contribution in [2.24, 2.45) is 10.7 Å². The van der Waals surface area contributed by atoms with Crippen LogP contribution in [0.15, 0.2) is 29.5 Å². The second-order valence-electron chi connectivity index (χ2n) is 5.61. The van der Waals surface area contributed by atoms with Gasteiger partial charge in [0.05, 0.1) is 19.0 Å². The lowest BCUT2D eigenvalue weighted by Crippen LogP contribution is -2.18. The first-order chi connectivity index (χ1) is 13.4. The lowest BCUT2D eigenvalue weighted by atomic mass is 10.1. The first-order valence-corrected chi connectivity index (χ1v) is 8.28. The van der Waals surface area contributed by atoms with Crippen molar-refractivity contribution in [2.45, 2.75) is 13.3 Å². The first-order valence-electron chi connectivity index (χ1n) is 8.28. The molecule has 28 heavy (non-hydrogen) atoms. The third kappa shape index (κ3) is 5.67. The molecule has 0 unspecified atom stereocenters. The Bertz CT molecular complexity index is 907. The van der Waals surface area contributed by atoms with Gasteiger partial charge >= 0.3 is 0 Å². The van der Waals surface area contributed by atoms with Gasteiger partial charge in [-0.05, 0) is 30.2 Å². The van der Waals surface area contributed by atoms with E-state index in [-0.39, 0.29) is 43.0 Å². The number of terminal acetylenes is 1. The van der Waals surface area contributed by atoms with E-state index in [0.29, 0.717) is 16.8 Å². The molecule has 3 N–H and O–H groups in total. The summed E-state index contributed by atoms with van der Waals surface area (Å²) in [5.74, 6) is 1.65. The first kappa shape index (κ1) is 20.6. The third-order valence-electron chi connectivity index (χ3n) is 3.59. The maximum Gasteiger partial charge on any atom is 0.281 e. The van der Waals surface area contributed by atoms with Crippen molar-refractivity contribution in [2.75, 3.05) is 25.6 Å². The van der Waals surface area contributed by atoms with E-state index in [1.807, 2.05) is 0 Å². The Morgan fingerprint density at radius 1 is 1.39 bits per heavy atom. The summed E-state index contributed by atoms with van der Waals surface area (Å²) in [6, 6.07) is 3.08. The molecule has 0 radical (unpaired) electrons. The summed E-state index contributed by atoms with van der Waals surface area (Å²) in [5, 5.41) is 2.67. The number of aliphatic imine (C=N–C) groups is 1. The molecular weight excluding hydrogens is 365 g/mol. The minimum Gasteiger partial charge on any atom is -0.465 e. The van der Waals surface area contributed by atoms with Crippen LogP contribution in [0.1, 0.15) is 21.6 Å². The average molecular weight is 385 g/mol. The van der Waals surface area contributed by atoms with Crippen LogP contribution in [-0.4, -0.2) is 42.2 Å². The number of hydrogen-bond acceptors (Lipinski definition) is 6. The number of benzene rings is 1. The molecule has 2 rings (SSSR count). The fraction of sp³-hybridized carbons (Fsp3) is 0.263. The molecule has 1 aromatic carbocycles. The smallest absolute Gasteiger partial charge is 0.281 e. The van der Waals surface area contributed by atoms with E-state index in [9.17, 15) is 9.18 Å². The predicted molar refractivity (Wildman–Crippen MR) is 103 cm³/mol. The van der Waals surface area contributed by atoms with Gasteiger partial charge in [-0.1, -0.05) is 5.92 Å². The van der Waals surface area contributed by atoms with Crippen molar-refractivity contribution in [3.63, 3.8) is 0 Å². The monoisotopic (exact) mass is 385 g/mol. The fourth-order valence-corrected chi connectivity index (χ4v) is 2.25. The summed E-state index contributed by atoms with van der Waals surface area (Å²) in [6.07, 6.45) is 7.91. The molecule has 0 saturated heterocycles. The number of amides is 1. The summed E-state index contributed by atoms with van der Waals surface area (Å²) in [5.41, 5.74) is 6.71. The van der Waals surface area contributed by atoms with Crippen LogP contribution in [-0.2, 0) is 11.2 Å². The van der Waals surface area contributed by atoms with Crippen LogP contribution in [0, 0.1) is 25.1 Å². The van der Waals surface area contributed by atoms with Gasteiger partial charge in [-0.3, -0.25) is 4.79 Å². The summed E-state index contributed by atoms with van der Waals surface area (Å²) in [4.78, 5) is 23.9. The molecule has 0 aliphatic heterocycles. The molecule has 0 fully saturated rings. The van der Waals surface area contributed by atoms with E-state index < -0.39 is 5.91 Å². The molecule has 0 aliphatic rings. The molecule has 1 aromatic heterocycles. The molecule has 0 atom stereocenters. The van der Waals surface area contributed by atoms with Gasteiger partial charge in [-0.25, -0.2) is 19.4 Å². The van der Waals surface area contributed by atoms with Crippen molar-refractivity contribution in [3.8, 4) is 18.2 Å². The summed E-state index contributed by atoms with van der Waals surface area (Å²) in [7, 11) is 1.49. The molecule has 0 spiro atoms. The number of nitrogens with zero attached hydrogens (tertiary/aromatic N) is 3. The van der Waals surface area contributed by atoms with Crippen LogP contribution < -0.4 is 15.8 Å². The zero-order valence-electron chi connectivity index (χ0n) is 15.5. The van der Waals surface area contributed by atoms with Crippen LogP contribution in [0.3, 0.4) is 0 Å². The zero-order chi connectivity index (χ0) is 20.5. The number of carbonyl (C=O) groups excluding carboxylic acids is 1. The number of halogens is 1. The molecule has 0 bridgehead atoms. The minimum absolute atomic E-state index is 0.0230. The van der Waals surface area contributed by atoms with Crippen LogP contribution in [0.2, 0.25) is 0 Å². The van der Waals surface area contributed by atoms with Gasteiger partial charge in [0.15, 0.2) is 6.61 Å². The maximum absolute atomic E-state index is 14.3. The van der Waals surface area contributed by atoms with Crippen LogP contribution in [0.25, 0.3) is 0 Å². The van der Waals surface area contributed by atoms with E-state index in [4.69, 9.17) is 21.6 Å². The molecule has 8 nitrogen and oxygen atoms in total.